The van der Waals surface area contributed by atoms with Crippen LogP contribution in [0.4, 0.5) is 0 Å². The van der Waals surface area contributed by atoms with Gasteiger partial charge in [-0.1, -0.05) is 26.7 Å². The van der Waals surface area contributed by atoms with E-state index in [1.165, 1.54) is 12.8 Å². The zero-order valence-electron chi connectivity index (χ0n) is 10.3. The number of carbonyl (C=O) groups excluding carboxylic acids is 1. The van der Waals surface area contributed by atoms with Crippen LogP contribution in [0.25, 0.3) is 0 Å². The van der Waals surface area contributed by atoms with Crippen molar-refractivity contribution in [3.05, 3.63) is 0 Å². The SMILES string of the molecule is CCOC(CC)C(=O)C1CCCC(C)C1. The second-order valence-corrected chi connectivity index (χ2v) is 4.72. The van der Waals surface area contributed by atoms with E-state index in [1.54, 1.807) is 0 Å². The molecule has 0 aromatic rings. The standard InChI is InChI=1S/C13H24O2/c1-4-12(15-5-2)13(14)11-8-6-7-10(3)9-11/h10-12H,4-9H2,1-3H3. The van der Waals surface area contributed by atoms with E-state index in [0.29, 0.717) is 18.3 Å². The lowest BCUT2D eigenvalue weighted by molar-refractivity contribution is -0.136. The number of hydrogen-bond acceptors (Lipinski definition) is 2. The van der Waals surface area contributed by atoms with Crippen molar-refractivity contribution >= 4 is 5.78 Å². The molecule has 2 heteroatoms. The molecule has 1 rings (SSSR count). The molecule has 0 heterocycles. The fourth-order valence-corrected chi connectivity index (χ4v) is 2.56. The predicted molar refractivity (Wildman–Crippen MR) is 61.8 cm³/mol. The maximum atomic E-state index is 12.1. The van der Waals surface area contributed by atoms with E-state index in [2.05, 4.69) is 6.92 Å². The van der Waals surface area contributed by atoms with E-state index in [-0.39, 0.29) is 12.0 Å². The lowest BCUT2D eigenvalue weighted by Crippen LogP contribution is -2.32. The third-order valence-electron chi connectivity index (χ3n) is 3.39. The summed E-state index contributed by atoms with van der Waals surface area (Å²) in [4.78, 5) is 12.1. The van der Waals surface area contributed by atoms with E-state index in [4.69, 9.17) is 4.74 Å². The van der Waals surface area contributed by atoms with Gasteiger partial charge in [0.2, 0.25) is 0 Å². The van der Waals surface area contributed by atoms with Crippen molar-refractivity contribution in [1.29, 1.82) is 0 Å². The van der Waals surface area contributed by atoms with Crippen molar-refractivity contribution in [2.75, 3.05) is 6.61 Å². The number of hydrogen-bond donors (Lipinski definition) is 0. The molecule has 0 spiro atoms. The van der Waals surface area contributed by atoms with Gasteiger partial charge in [0.1, 0.15) is 6.10 Å². The molecule has 15 heavy (non-hydrogen) atoms. The van der Waals surface area contributed by atoms with Gasteiger partial charge in [0.05, 0.1) is 0 Å². The molecule has 3 unspecified atom stereocenters. The average molecular weight is 212 g/mol. The van der Waals surface area contributed by atoms with Crippen LogP contribution in [0.3, 0.4) is 0 Å². The van der Waals surface area contributed by atoms with Crippen molar-refractivity contribution in [2.45, 2.75) is 59.0 Å². The number of carbonyl (C=O) groups is 1. The average Bonchev–Trinajstić information content (AvgIpc) is 2.25. The molecular formula is C13H24O2. The van der Waals surface area contributed by atoms with Crippen LogP contribution in [0.15, 0.2) is 0 Å². The first-order valence-electron chi connectivity index (χ1n) is 6.34. The first-order valence-corrected chi connectivity index (χ1v) is 6.34. The molecule has 0 aliphatic heterocycles. The molecule has 0 aromatic carbocycles. The predicted octanol–water partition coefficient (Wildman–Crippen LogP) is 3.20. The zero-order valence-corrected chi connectivity index (χ0v) is 10.3. The summed E-state index contributed by atoms with van der Waals surface area (Å²) >= 11 is 0. The van der Waals surface area contributed by atoms with E-state index in [1.807, 2.05) is 13.8 Å². The van der Waals surface area contributed by atoms with Gasteiger partial charge >= 0.3 is 0 Å². The van der Waals surface area contributed by atoms with Gasteiger partial charge in [0.25, 0.3) is 0 Å². The van der Waals surface area contributed by atoms with Crippen molar-refractivity contribution in [1.82, 2.24) is 0 Å². The van der Waals surface area contributed by atoms with Crippen LogP contribution < -0.4 is 0 Å². The fourth-order valence-electron chi connectivity index (χ4n) is 2.56. The third-order valence-corrected chi connectivity index (χ3v) is 3.39. The van der Waals surface area contributed by atoms with Gasteiger partial charge in [-0.15, -0.1) is 0 Å². The van der Waals surface area contributed by atoms with Crippen LogP contribution in [0.2, 0.25) is 0 Å². The molecule has 0 N–H and O–H groups in total. The summed E-state index contributed by atoms with van der Waals surface area (Å²) in [5.41, 5.74) is 0. The van der Waals surface area contributed by atoms with Crippen LogP contribution in [0, 0.1) is 11.8 Å². The molecule has 1 saturated carbocycles. The van der Waals surface area contributed by atoms with Gasteiger partial charge in [-0.25, -0.2) is 0 Å². The van der Waals surface area contributed by atoms with Crippen LogP contribution in [0.5, 0.6) is 0 Å². The van der Waals surface area contributed by atoms with E-state index in [9.17, 15) is 4.79 Å². The number of rotatable bonds is 5. The Morgan fingerprint density at radius 2 is 2.13 bits per heavy atom. The second-order valence-electron chi connectivity index (χ2n) is 4.72. The Morgan fingerprint density at radius 3 is 2.67 bits per heavy atom. The smallest absolute Gasteiger partial charge is 0.164 e. The van der Waals surface area contributed by atoms with Crippen LogP contribution in [0.1, 0.15) is 52.9 Å². The van der Waals surface area contributed by atoms with Gasteiger partial charge in [-0.05, 0) is 32.1 Å². The maximum Gasteiger partial charge on any atom is 0.164 e. The normalized spacial score (nSPS) is 28.7. The Kier molecular flexibility index (Phi) is 5.30. The fraction of sp³-hybridized carbons (Fsp3) is 0.923. The van der Waals surface area contributed by atoms with Crippen molar-refractivity contribution in [3.8, 4) is 0 Å². The number of Topliss-reactive ketones (excluding diaryl/α,β-unsaturated/α-hetero) is 1. The highest BCUT2D eigenvalue weighted by molar-refractivity contribution is 5.85. The highest BCUT2D eigenvalue weighted by atomic mass is 16.5. The second kappa shape index (κ2) is 6.26. The summed E-state index contributed by atoms with van der Waals surface area (Å²) in [6, 6.07) is 0. The van der Waals surface area contributed by atoms with Gasteiger partial charge in [0.15, 0.2) is 5.78 Å². The highest BCUT2D eigenvalue weighted by Gasteiger charge is 2.29. The molecule has 2 nitrogen and oxygen atoms in total. The third kappa shape index (κ3) is 3.60. The molecule has 3 atom stereocenters. The monoisotopic (exact) mass is 212 g/mol. The molecule has 0 amide bonds. The molecule has 1 aliphatic rings. The first kappa shape index (κ1) is 12.7. The topological polar surface area (TPSA) is 26.3 Å². The van der Waals surface area contributed by atoms with Crippen LogP contribution in [-0.2, 0) is 9.53 Å². The van der Waals surface area contributed by atoms with Crippen LogP contribution >= 0.6 is 0 Å². The van der Waals surface area contributed by atoms with Gasteiger partial charge < -0.3 is 4.74 Å². The Hall–Kier alpha value is -0.370. The van der Waals surface area contributed by atoms with Gasteiger partial charge in [0, 0.05) is 12.5 Å². The molecule has 1 fully saturated rings. The minimum Gasteiger partial charge on any atom is -0.371 e. The van der Waals surface area contributed by atoms with E-state index >= 15 is 0 Å². The summed E-state index contributed by atoms with van der Waals surface area (Å²) in [7, 11) is 0. The molecule has 0 saturated heterocycles. The summed E-state index contributed by atoms with van der Waals surface area (Å²) < 4.78 is 5.49. The molecule has 0 bridgehead atoms. The summed E-state index contributed by atoms with van der Waals surface area (Å²) in [6.45, 7) is 6.89. The molecule has 0 radical (unpaired) electrons. The molecule has 0 aromatic heterocycles. The van der Waals surface area contributed by atoms with Crippen molar-refractivity contribution in [3.63, 3.8) is 0 Å². The Balaban J connectivity index is 2.49. The minimum atomic E-state index is -0.148. The van der Waals surface area contributed by atoms with Crippen LogP contribution in [-0.4, -0.2) is 18.5 Å². The minimum absolute atomic E-state index is 0.148. The number of ketones is 1. The zero-order chi connectivity index (χ0) is 11.3. The Morgan fingerprint density at radius 1 is 1.40 bits per heavy atom. The van der Waals surface area contributed by atoms with E-state index < -0.39 is 0 Å². The first-order chi connectivity index (χ1) is 7.19. The quantitative estimate of drug-likeness (QED) is 0.699. The van der Waals surface area contributed by atoms with Crippen molar-refractivity contribution in [2.24, 2.45) is 11.8 Å². The summed E-state index contributed by atoms with van der Waals surface area (Å²) in [5, 5.41) is 0. The lowest BCUT2D eigenvalue weighted by atomic mass is 9.79. The van der Waals surface area contributed by atoms with E-state index in [0.717, 1.165) is 19.3 Å². The highest BCUT2D eigenvalue weighted by Crippen LogP contribution is 2.30. The lowest BCUT2D eigenvalue weighted by Gasteiger charge is -2.28. The number of ether oxygens (including phenoxy) is 1. The summed E-state index contributed by atoms with van der Waals surface area (Å²) in [6.07, 6.45) is 5.31. The maximum absolute atomic E-state index is 12.1. The van der Waals surface area contributed by atoms with Gasteiger partial charge in [-0.2, -0.15) is 0 Å². The molecular weight excluding hydrogens is 188 g/mol. The summed E-state index contributed by atoms with van der Waals surface area (Å²) in [5.74, 6) is 1.34. The molecule has 88 valence electrons. The Bertz CT molecular complexity index is 201. The molecule has 1 aliphatic carbocycles. The Labute approximate surface area is 93.4 Å². The van der Waals surface area contributed by atoms with Gasteiger partial charge in [-0.3, -0.25) is 4.79 Å². The largest absolute Gasteiger partial charge is 0.371 e. The van der Waals surface area contributed by atoms with Crippen molar-refractivity contribution < 1.29 is 9.53 Å².